The molecule has 0 spiro atoms. The summed E-state index contributed by atoms with van der Waals surface area (Å²) < 4.78 is 9.67. The van der Waals surface area contributed by atoms with Crippen molar-refractivity contribution in [1.29, 1.82) is 0 Å². The molecule has 0 rings (SSSR count). The Hall–Kier alpha value is -1.36. The number of aliphatic hydroxyl groups is 1. The van der Waals surface area contributed by atoms with Crippen LogP contribution in [0.2, 0.25) is 0 Å². The van der Waals surface area contributed by atoms with Crippen molar-refractivity contribution < 1.29 is 24.2 Å². The van der Waals surface area contributed by atoms with Crippen molar-refractivity contribution in [3.8, 4) is 0 Å². The molecule has 0 aliphatic carbocycles. The van der Waals surface area contributed by atoms with E-state index in [0.29, 0.717) is 6.42 Å². The Balaban J connectivity index is 3.94. The average molecular weight is 258 g/mol. The fourth-order valence-corrected chi connectivity index (χ4v) is 0.922. The topological polar surface area (TPSA) is 72.8 Å². The highest BCUT2D eigenvalue weighted by atomic mass is 16.6. The molecule has 18 heavy (non-hydrogen) atoms. The van der Waals surface area contributed by atoms with E-state index >= 15 is 0 Å². The second kappa shape index (κ2) is 7.87. The van der Waals surface area contributed by atoms with E-state index in [1.165, 1.54) is 6.08 Å². The van der Waals surface area contributed by atoms with Gasteiger partial charge in [0.05, 0.1) is 5.41 Å². The van der Waals surface area contributed by atoms with Gasteiger partial charge in [-0.15, -0.1) is 0 Å². The summed E-state index contributed by atoms with van der Waals surface area (Å²) in [6.07, 6.45) is 2.44. The molecular weight excluding hydrogens is 236 g/mol. The van der Waals surface area contributed by atoms with Gasteiger partial charge in [0.15, 0.2) is 0 Å². The highest BCUT2D eigenvalue weighted by Crippen LogP contribution is 2.21. The number of rotatable bonds is 7. The second-order valence-corrected chi connectivity index (χ2v) is 4.62. The Morgan fingerprint density at radius 3 is 2.33 bits per heavy atom. The third kappa shape index (κ3) is 6.39. The third-order valence-corrected chi connectivity index (χ3v) is 2.56. The first-order chi connectivity index (χ1) is 8.33. The van der Waals surface area contributed by atoms with Gasteiger partial charge in [0.1, 0.15) is 19.3 Å². The Labute approximate surface area is 108 Å². The fourth-order valence-electron chi connectivity index (χ4n) is 0.922. The van der Waals surface area contributed by atoms with Crippen LogP contribution in [0.3, 0.4) is 0 Å². The van der Waals surface area contributed by atoms with Crippen LogP contribution >= 0.6 is 0 Å². The predicted octanol–water partition coefficient (Wildman–Crippen LogP) is 1.45. The number of hydrogen-bond donors (Lipinski definition) is 1. The second-order valence-electron chi connectivity index (χ2n) is 4.62. The molecule has 0 radical (unpaired) electrons. The monoisotopic (exact) mass is 258 g/mol. The Morgan fingerprint density at radius 2 is 1.83 bits per heavy atom. The summed E-state index contributed by atoms with van der Waals surface area (Å²) in [6.45, 7) is 6.75. The zero-order valence-electron chi connectivity index (χ0n) is 11.4. The summed E-state index contributed by atoms with van der Waals surface area (Å²) >= 11 is 0. The summed E-state index contributed by atoms with van der Waals surface area (Å²) in [5.41, 5.74) is -0.568. The normalized spacial score (nSPS) is 13.4. The van der Waals surface area contributed by atoms with E-state index < -0.39 is 17.5 Å². The number of aliphatic hydroxyl groups excluding tert-OH is 1. The first-order valence-electron chi connectivity index (χ1n) is 5.98. The van der Waals surface area contributed by atoms with Crippen LogP contribution in [-0.4, -0.2) is 36.4 Å². The molecule has 0 aromatic carbocycles. The highest BCUT2D eigenvalue weighted by molar-refractivity contribution is 5.81. The lowest BCUT2D eigenvalue weighted by molar-refractivity contribution is -0.159. The van der Waals surface area contributed by atoms with Crippen molar-refractivity contribution in [2.75, 3.05) is 13.2 Å². The lowest BCUT2D eigenvalue weighted by Crippen LogP contribution is -2.31. The molecule has 0 aromatic rings. The van der Waals surface area contributed by atoms with Crippen molar-refractivity contribution in [1.82, 2.24) is 0 Å². The summed E-state index contributed by atoms with van der Waals surface area (Å²) in [7, 11) is 0. The number of ether oxygens (including phenoxy) is 2. The van der Waals surface area contributed by atoms with E-state index in [9.17, 15) is 14.7 Å². The zero-order chi connectivity index (χ0) is 14.2. The number of hydrogen-bond acceptors (Lipinski definition) is 5. The van der Waals surface area contributed by atoms with Gasteiger partial charge in [-0.25, -0.2) is 4.79 Å². The van der Waals surface area contributed by atoms with Crippen LogP contribution in [0.15, 0.2) is 12.2 Å². The minimum Gasteiger partial charge on any atom is -0.462 e. The van der Waals surface area contributed by atoms with E-state index in [4.69, 9.17) is 9.47 Å². The molecule has 0 heterocycles. The molecule has 0 saturated carbocycles. The van der Waals surface area contributed by atoms with E-state index in [1.54, 1.807) is 26.8 Å². The predicted molar refractivity (Wildman–Crippen MR) is 66.8 cm³/mol. The molecule has 0 aromatic heterocycles. The molecule has 0 aliphatic heterocycles. The molecule has 0 bridgehead atoms. The SMILES string of the molecule is C/C=C/C(=O)OCC(O)COC(=O)C(C)(C)CC. The summed E-state index contributed by atoms with van der Waals surface area (Å²) in [5, 5.41) is 9.48. The van der Waals surface area contributed by atoms with Gasteiger partial charge >= 0.3 is 11.9 Å². The quantitative estimate of drug-likeness (QED) is 0.552. The van der Waals surface area contributed by atoms with E-state index in [-0.39, 0.29) is 19.2 Å². The zero-order valence-corrected chi connectivity index (χ0v) is 11.4. The molecule has 104 valence electrons. The largest absolute Gasteiger partial charge is 0.462 e. The van der Waals surface area contributed by atoms with Crippen LogP contribution in [-0.2, 0) is 19.1 Å². The van der Waals surface area contributed by atoms with E-state index in [1.807, 2.05) is 6.92 Å². The standard InChI is InChI=1S/C13H22O5/c1-5-7-11(15)17-8-10(14)9-18-12(16)13(3,4)6-2/h5,7,10,14H,6,8-9H2,1-4H3/b7-5+. The molecule has 0 aliphatic rings. The van der Waals surface area contributed by atoms with Crippen molar-refractivity contribution in [3.63, 3.8) is 0 Å². The Kier molecular flexibility index (Phi) is 7.27. The molecular formula is C13H22O5. The first kappa shape index (κ1) is 16.6. The van der Waals surface area contributed by atoms with Crippen LogP contribution in [0.1, 0.15) is 34.1 Å². The molecule has 1 N–H and O–H groups in total. The van der Waals surface area contributed by atoms with Crippen LogP contribution in [0.5, 0.6) is 0 Å². The van der Waals surface area contributed by atoms with Gasteiger partial charge in [-0.3, -0.25) is 4.79 Å². The molecule has 0 fully saturated rings. The van der Waals surface area contributed by atoms with Crippen LogP contribution in [0, 0.1) is 5.41 Å². The molecule has 1 unspecified atom stereocenters. The minimum atomic E-state index is -1.00. The average Bonchev–Trinajstić information content (AvgIpc) is 2.33. The van der Waals surface area contributed by atoms with E-state index in [2.05, 4.69) is 0 Å². The van der Waals surface area contributed by atoms with Crippen molar-refractivity contribution in [3.05, 3.63) is 12.2 Å². The molecule has 5 nitrogen and oxygen atoms in total. The minimum absolute atomic E-state index is 0.175. The highest BCUT2D eigenvalue weighted by Gasteiger charge is 2.27. The molecule has 1 atom stereocenters. The Morgan fingerprint density at radius 1 is 1.28 bits per heavy atom. The van der Waals surface area contributed by atoms with Gasteiger partial charge in [-0.05, 0) is 27.2 Å². The van der Waals surface area contributed by atoms with Gasteiger partial charge in [0.25, 0.3) is 0 Å². The van der Waals surface area contributed by atoms with Crippen molar-refractivity contribution in [2.45, 2.75) is 40.2 Å². The van der Waals surface area contributed by atoms with E-state index in [0.717, 1.165) is 0 Å². The summed E-state index contributed by atoms with van der Waals surface area (Å²) in [5.74, 6) is -0.902. The van der Waals surface area contributed by atoms with Gasteiger partial charge in [0, 0.05) is 6.08 Å². The lowest BCUT2D eigenvalue weighted by atomic mass is 9.91. The third-order valence-electron chi connectivity index (χ3n) is 2.56. The van der Waals surface area contributed by atoms with Crippen molar-refractivity contribution >= 4 is 11.9 Å². The van der Waals surface area contributed by atoms with Gasteiger partial charge in [-0.2, -0.15) is 0 Å². The summed E-state index contributed by atoms with van der Waals surface area (Å²) in [6, 6.07) is 0. The maximum Gasteiger partial charge on any atom is 0.330 e. The van der Waals surface area contributed by atoms with Gasteiger partial charge < -0.3 is 14.6 Å². The first-order valence-corrected chi connectivity index (χ1v) is 5.98. The summed E-state index contributed by atoms with van der Waals surface area (Å²) in [4.78, 5) is 22.6. The number of carbonyl (C=O) groups excluding carboxylic acids is 2. The van der Waals surface area contributed by atoms with Gasteiger partial charge in [0.2, 0.25) is 0 Å². The van der Waals surface area contributed by atoms with Crippen molar-refractivity contribution in [2.24, 2.45) is 5.41 Å². The number of allylic oxidation sites excluding steroid dienone is 1. The number of carbonyl (C=O) groups is 2. The smallest absolute Gasteiger partial charge is 0.330 e. The molecule has 5 heteroatoms. The van der Waals surface area contributed by atoms with Crippen LogP contribution in [0.4, 0.5) is 0 Å². The lowest BCUT2D eigenvalue weighted by Gasteiger charge is -2.21. The van der Waals surface area contributed by atoms with Gasteiger partial charge in [-0.1, -0.05) is 13.0 Å². The number of esters is 2. The molecule has 0 saturated heterocycles. The fraction of sp³-hybridized carbons (Fsp3) is 0.692. The maximum atomic E-state index is 11.6. The Bertz CT molecular complexity index is 307. The molecule has 0 amide bonds. The maximum absolute atomic E-state index is 11.6. The van der Waals surface area contributed by atoms with Crippen LogP contribution in [0.25, 0.3) is 0 Å². The van der Waals surface area contributed by atoms with Crippen LogP contribution < -0.4 is 0 Å².